The Morgan fingerprint density at radius 3 is 2.50 bits per heavy atom. The van der Waals surface area contributed by atoms with Crippen molar-refractivity contribution in [3.8, 4) is 0 Å². The number of nitrogens with zero attached hydrogens (tertiary/aromatic N) is 1. The molecular weight excluding hydrogens is 204 g/mol. The summed E-state index contributed by atoms with van der Waals surface area (Å²) in [5, 5.41) is 9.31. The zero-order valence-electron chi connectivity index (χ0n) is 9.96. The van der Waals surface area contributed by atoms with Gasteiger partial charge in [-0.15, -0.1) is 0 Å². The highest BCUT2D eigenvalue weighted by molar-refractivity contribution is 5.74. The normalized spacial score (nSPS) is 27.9. The highest BCUT2D eigenvalue weighted by Crippen LogP contribution is 2.08. The fourth-order valence-corrected chi connectivity index (χ4v) is 2.34. The summed E-state index contributed by atoms with van der Waals surface area (Å²) in [7, 11) is 2.13. The van der Waals surface area contributed by atoms with E-state index in [1.807, 2.05) is 0 Å². The van der Waals surface area contributed by atoms with Crippen molar-refractivity contribution in [1.82, 2.24) is 20.9 Å². The number of nitrogens with one attached hydrogen (secondary N) is 3. The molecule has 2 aliphatic heterocycles. The molecule has 0 aliphatic carbocycles. The van der Waals surface area contributed by atoms with Gasteiger partial charge >= 0.3 is 6.03 Å². The second-order valence-corrected chi connectivity index (χ2v) is 4.89. The van der Waals surface area contributed by atoms with Crippen LogP contribution in [0.4, 0.5) is 4.79 Å². The molecule has 2 aliphatic rings. The predicted molar refractivity (Wildman–Crippen MR) is 63.5 cm³/mol. The molecule has 2 saturated heterocycles. The maximum atomic E-state index is 11.7. The smallest absolute Gasteiger partial charge is 0.315 e. The third-order valence-corrected chi connectivity index (χ3v) is 3.45. The fraction of sp³-hybridized carbons (Fsp3) is 0.909. The van der Waals surface area contributed by atoms with Gasteiger partial charge in [0.05, 0.1) is 0 Å². The third kappa shape index (κ3) is 3.35. The minimum Gasteiger partial charge on any atom is -0.335 e. The topological polar surface area (TPSA) is 56.4 Å². The van der Waals surface area contributed by atoms with E-state index in [2.05, 4.69) is 27.9 Å². The summed E-state index contributed by atoms with van der Waals surface area (Å²) in [6.07, 6.45) is 3.17. The van der Waals surface area contributed by atoms with Crippen LogP contribution in [0.2, 0.25) is 0 Å². The largest absolute Gasteiger partial charge is 0.335 e. The molecule has 0 bridgehead atoms. The molecule has 2 rings (SSSR count). The monoisotopic (exact) mass is 226 g/mol. The number of hydrogen-bond donors (Lipinski definition) is 3. The van der Waals surface area contributed by atoms with Crippen LogP contribution in [0.15, 0.2) is 0 Å². The van der Waals surface area contributed by atoms with Crippen molar-refractivity contribution in [3.63, 3.8) is 0 Å². The Morgan fingerprint density at radius 1 is 1.19 bits per heavy atom. The van der Waals surface area contributed by atoms with Gasteiger partial charge in [-0.25, -0.2) is 4.79 Å². The first kappa shape index (κ1) is 11.7. The Hall–Kier alpha value is -0.810. The number of rotatable bonds is 2. The van der Waals surface area contributed by atoms with E-state index in [-0.39, 0.29) is 6.03 Å². The van der Waals surface area contributed by atoms with Crippen LogP contribution in [0.1, 0.15) is 19.3 Å². The molecule has 5 nitrogen and oxygen atoms in total. The lowest BCUT2D eigenvalue weighted by molar-refractivity contribution is 0.212. The van der Waals surface area contributed by atoms with E-state index in [0.29, 0.717) is 12.1 Å². The van der Waals surface area contributed by atoms with Gasteiger partial charge in [-0.1, -0.05) is 0 Å². The summed E-state index contributed by atoms with van der Waals surface area (Å²) in [5.41, 5.74) is 0. The van der Waals surface area contributed by atoms with Crippen molar-refractivity contribution in [2.45, 2.75) is 31.3 Å². The molecule has 0 radical (unpaired) electrons. The molecular formula is C11H22N4O. The van der Waals surface area contributed by atoms with Crippen LogP contribution in [0, 0.1) is 0 Å². The van der Waals surface area contributed by atoms with Crippen LogP contribution in [0.5, 0.6) is 0 Å². The Morgan fingerprint density at radius 2 is 1.88 bits per heavy atom. The van der Waals surface area contributed by atoms with E-state index in [0.717, 1.165) is 45.4 Å². The molecule has 5 heteroatoms. The Kier molecular flexibility index (Phi) is 4.01. The van der Waals surface area contributed by atoms with Crippen molar-refractivity contribution in [1.29, 1.82) is 0 Å². The van der Waals surface area contributed by atoms with Crippen molar-refractivity contribution in [2.75, 3.05) is 33.2 Å². The van der Waals surface area contributed by atoms with Gasteiger partial charge in [0, 0.05) is 18.6 Å². The van der Waals surface area contributed by atoms with Crippen molar-refractivity contribution < 1.29 is 4.79 Å². The molecule has 0 aromatic rings. The molecule has 0 spiro atoms. The van der Waals surface area contributed by atoms with Gasteiger partial charge in [0.2, 0.25) is 0 Å². The molecule has 2 fully saturated rings. The van der Waals surface area contributed by atoms with E-state index < -0.39 is 0 Å². The van der Waals surface area contributed by atoms with E-state index in [1.54, 1.807) is 0 Å². The lowest BCUT2D eigenvalue weighted by Crippen LogP contribution is -2.49. The summed E-state index contributed by atoms with van der Waals surface area (Å²) >= 11 is 0. The maximum Gasteiger partial charge on any atom is 0.315 e. The van der Waals surface area contributed by atoms with Crippen LogP contribution < -0.4 is 16.0 Å². The average molecular weight is 226 g/mol. The van der Waals surface area contributed by atoms with Gasteiger partial charge in [0.1, 0.15) is 0 Å². The molecule has 2 amide bonds. The summed E-state index contributed by atoms with van der Waals surface area (Å²) in [6, 6.07) is 0.667. The van der Waals surface area contributed by atoms with E-state index in [9.17, 15) is 4.79 Å². The molecule has 16 heavy (non-hydrogen) atoms. The number of likely N-dealkylation sites (tertiary alicyclic amines) is 1. The van der Waals surface area contributed by atoms with Crippen molar-refractivity contribution in [2.24, 2.45) is 0 Å². The van der Waals surface area contributed by atoms with Gasteiger partial charge in [-0.05, 0) is 45.9 Å². The summed E-state index contributed by atoms with van der Waals surface area (Å²) < 4.78 is 0. The van der Waals surface area contributed by atoms with Gasteiger partial charge < -0.3 is 20.9 Å². The number of piperidine rings is 1. The summed E-state index contributed by atoms with van der Waals surface area (Å²) in [4.78, 5) is 14.0. The van der Waals surface area contributed by atoms with Crippen molar-refractivity contribution in [3.05, 3.63) is 0 Å². The number of amides is 2. The first-order valence-electron chi connectivity index (χ1n) is 6.20. The molecule has 2 heterocycles. The zero-order valence-corrected chi connectivity index (χ0v) is 9.96. The lowest BCUT2D eigenvalue weighted by atomic mass is 10.1. The third-order valence-electron chi connectivity index (χ3n) is 3.45. The summed E-state index contributed by atoms with van der Waals surface area (Å²) in [6.45, 7) is 4.08. The second kappa shape index (κ2) is 5.50. The number of urea groups is 1. The van der Waals surface area contributed by atoms with E-state index in [1.165, 1.54) is 0 Å². The van der Waals surface area contributed by atoms with Gasteiger partial charge in [0.25, 0.3) is 0 Å². The quantitative estimate of drug-likeness (QED) is 0.608. The standard InChI is InChI=1S/C11H22N4O/c1-15-6-3-9(4-7-15)13-11(16)14-10-2-5-12-8-10/h9-10,12H,2-8H2,1H3,(H2,13,14,16). The molecule has 3 N–H and O–H groups in total. The van der Waals surface area contributed by atoms with Crippen molar-refractivity contribution >= 4 is 6.03 Å². The van der Waals surface area contributed by atoms with Crippen LogP contribution >= 0.6 is 0 Å². The molecule has 92 valence electrons. The number of carbonyl (C=O) groups excluding carboxylic acids is 1. The minimum atomic E-state index is 0.00301. The molecule has 1 atom stereocenters. The predicted octanol–water partition coefficient (Wildman–Crippen LogP) is -0.258. The fourth-order valence-electron chi connectivity index (χ4n) is 2.34. The highest BCUT2D eigenvalue weighted by atomic mass is 16.2. The Balaban J connectivity index is 1.66. The molecule has 0 aromatic heterocycles. The summed E-state index contributed by atoms with van der Waals surface area (Å²) in [5.74, 6) is 0. The van der Waals surface area contributed by atoms with Gasteiger partial charge in [-0.2, -0.15) is 0 Å². The molecule has 1 unspecified atom stereocenters. The van der Waals surface area contributed by atoms with Crippen LogP contribution in [-0.2, 0) is 0 Å². The number of hydrogen-bond acceptors (Lipinski definition) is 3. The highest BCUT2D eigenvalue weighted by Gasteiger charge is 2.21. The Labute approximate surface area is 96.9 Å². The minimum absolute atomic E-state index is 0.00301. The van der Waals surface area contributed by atoms with Crippen LogP contribution in [0.3, 0.4) is 0 Å². The molecule has 0 aromatic carbocycles. The van der Waals surface area contributed by atoms with Gasteiger partial charge in [0.15, 0.2) is 0 Å². The van der Waals surface area contributed by atoms with E-state index >= 15 is 0 Å². The zero-order chi connectivity index (χ0) is 11.4. The van der Waals surface area contributed by atoms with Gasteiger partial charge in [-0.3, -0.25) is 0 Å². The maximum absolute atomic E-state index is 11.7. The van der Waals surface area contributed by atoms with Crippen LogP contribution in [0.25, 0.3) is 0 Å². The first-order chi connectivity index (χ1) is 7.74. The Bertz CT molecular complexity index is 232. The second-order valence-electron chi connectivity index (χ2n) is 4.89. The average Bonchev–Trinajstić information content (AvgIpc) is 2.74. The number of carbonyl (C=O) groups is 1. The lowest BCUT2D eigenvalue weighted by Gasteiger charge is -2.29. The first-order valence-corrected chi connectivity index (χ1v) is 6.20. The van der Waals surface area contributed by atoms with Crippen LogP contribution in [-0.4, -0.2) is 56.2 Å². The SMILES string of the molecule is CN1CCC(NC(=O)NC2CCNC2)CC1. The van der Waals surface area contributed by atoms with E-state index in [4.69, 9.17) is 0 Å². The molecule has 0 saturated carbocycles.